The van der Waals surface area contributed by atoms with Gasteiger partial charge in [0.15, 0.2) is 0 Å². The van der Waals surface area contributed by atoms with E-state index >= 15 is 0 Å². The van der Waals surface area contributed by atoms with Crippen molar-refractivity contribution in [3.63, 3.8) is 0 Å². The Bertz CT molecular complexity index is 455. The molecule has 2 rings (SSSR count). The van der Waals surface area contributed by atoms with E-state index in [1.165, 1.54) is 0 Å². The van der Waals surface area contributed by atoms with Crippen molar-refractivity contribution in [1.82, 2.24) is 15.1 Å². The molecule has 1 aromatic rings. The van der Waals surface area contributed by atoms with Crippen molar-refractivity contribution in [2.24, 2.45) is 0 Å². The number of hydrogen-bond acceptors (Lipinski definition) is 5. The summed E-state index contributed by atoms with van der Waals surface area (Å²) in [5, 5.41) is 14.1. The summed E-state index contributed by atoms with van der Waals surface area (Å²) in [7, 11) is 2.16. The molecule has 1 saturated heterocycles. The van der Waals surface area contributed by atoms with Crippen molar-refractivity contribution in [2.75, 3.05) is 46.3 Å². The number of nitrogens with one attached hydrogen (secondary N) is 1. The van der Waals surface area contributed by atoms with Gasteiger partial charge in [-0.25, -0.2) is 0 Å². The van der Waals surface area contributed by atoms with Gasteiger partial charge < -0.3 is 10.2 Å². The fourth-order valence-electron chi connectivity index (χ4n) is 2.51. The monoisotopic (exact) mass is 292 g/mol. The lowest BCUT2D eigenvalue weighted by molar-refractivity contribution is -0.384. The van der Waals surface area contributed by atoms with Crippen LogP contribution in [0.15, 0.2) is 24.3 Å². The van der Waals surface area contributed by atoms with Crippen LogP contribution in [0.4, 0.5) is 5.69 Å². The molecule has 1 aromatic carbocycles. The summed E-state index contributed by atoms with van der Waals surface area (Å²) < 4.78 is 0. The van der Waals surface area contributed by atoms with Crippen molar-refractivity contribution < 1.29 is 4.92 Å². The van der Waals surface area contributed by atoms with Crippen LogP contribution in [0.3, 0.4) is 0 Å². The van der Waals surface area contributed by atoms with E-state index in [-0.39, 0.29) is 16.7 Å². The van der Waals surface area contributed by atoms with Crippen molar-refractivity contribution >= 4 is 5.69 Å². The van der Waals surface area contributed by atoms with Crippen molar-refractivity contribution in [3.8, 4) is 0 Å². The van der Waals surface area contributed by atoms with E-state index in [0.717, 1.165) is 44.8 Å². The van der Waals surface area contributed by atoms with Gasteiger partial charge in [0.1, 0.15) is 0 Å². The lowest BCUT2D eigenvalue weighted by atomic mass is 10.1. The number of nitro benzene ring substituents is 1. The second kappa shape index (κ2) is 7.49. The number of piperazine rings is 1. The fraction of sp³-hybridized carbons (Fsp3) is 0.600. The van der Waals surface area contributed by atoms with Crippen LogP contribution in [0.1, 0.15) is 18.5 Å². The molecule has 6 heteroatoms. The SMILES string of the molecule is CC(NCCN1CCN(C)CC1)c1ccc([N+](=O)[O-])cc1. The maximum absolute atomic E-state index is 10.6. The second-order valence-electron chi connectivity index (χ2n) is 5.67. The third-order valence-corrected chi connectivity index (χ3v) is 4.08. The van der Waals surface area contributed by atoms with E-state index in [2.05, 4.69) is 29.1 Å². The van der Waals surface area contributed by atoms with Gasteiger partial charge in [0, 0.05) is 57.4 Å². The summed E-state index contributed by atoms with van der Waals surface area (Å²) in [6.07, 6.45) is 0. The minimum Gasteiger partial charge on any atom is -0.309 e. The number of nitrogens with zero attached hydrogens (tertiary/aromatic N) is 3. The zero-order chi connectivity index (χ0) is 15.2. The Morgan fingerprint density at radius 1 is 1.24 bits per heavy atom. The van der Waals surface area contributed by atoms with E-state index < -0.39 is 0 Å². The number of likely N-dealkylation sites (N-methyl/N-ethyl adjacent to an activating group) is 1. The number of rotatable bonds is 6. The zero-order valence-electron chi connectivity index (χ0n) is 12.8. The Morgan fingerprint density at radius 3 is 2.43 bits per heavy atom. The van der Waals surface area contributed by atoms with Crippen LogP contribution < -0.4 is 5.32 Å². The summed E-state index contributed by atoms with van der Waals surface area (Å²) in [6.45, 7) is 8.60. The highest BCUT2D eigenvalue weighted by Crippen LogP contribution is 2.17. The summed E-state index contributed by atoms with van der Waals surface area (Å²) in [4.78, 5) is 15.1. The van der Waals surface area contributed by atoms with Gasteiger partial charge >= 0.3 is 0 Å². The van der Waals surface area contributed by atoms with E-state index in [9.17, 15) is 10.1 Å². The lowest BCUT2D eigenvalue weighted by Gasteiger charge is -2.32. The highest BCUT2D eigenvalue weighted by molar-refractivity contribution is 5.33. The molecule has 116 valence electrons. The first kappa shape index (κ1) is 15.9. The van der Waals surface area contributed by atoms with Crippen LogP contribution in [0.2, 0.25) is 0 Å². The normalized spacial score (nSPS) is 18.6. The first-order chi connectivity index (χ1) is 10.1. The molecule has 0 saturated carbocycles. The van der Waals surface area contributed by atoms with Gasteiger partial charge in [-0.3, -0.25) is 15.0 Å². The number of nitro groups is 1. The quantitative estimate of drug-likeness (QED) is 0.636. The lowest BCUT2D eigenvalue weighted by Crippen LogP contribution is -2.46. The zero-order valence-corrected chi connectivity index (χ0v) is 12.8. The maximum Gasteiger partial charge on any atom is 0.269 e. The largest absolute Gasteiger partial charge is 0.309 e. The van der Waals surface area contributed by atoms with Crippen LogP contribution in [-0.2, 0) is 0 Å². The smallest absolute Gasteiger partial charge is 0.269 e. The average Bonchev–Trinajstić information content (AvgIpc) is 2.49. The van der Waals surface area contributed by atoms with E-state index in [1.54, 1.807) is 12.1 Å². The molecule has 0 amide bonds. The molecule has 1 aliphatic heterocycles. The predicted molar refractivity (Wildman–Crippen MR) is 83.5 cm³/mol. The minimum atomic E-state index is -0.366. The molecular formula is C15H24N4O2. The maximum atomic E-state index is 10.6. The van der Waals surface area contributed by atoms with E-state index in [4.69, 9.17) is 0 Å². The van der Waals surface area contributed by atoms with Gasteiger partial charge in [-0.15, -0.1) is 0 Å². The Hall–Kier alpha value is -1.50. The summed E-state index contributed by atoms with van der Waals surface area (Å²) in [5.74, 6) is 0. The molecular weight excluding hydrogens is 268 g/mol. The Kier molecular flexibility index (Phi) is 5.67. The van der Waals surface area contributed by atoms with Crippen LogP contribution in [0.25, 0.3) is 0 Å². The molecule has 0 spiro atoms. The van der Waals surface area contributed by atoms with Crippen molar-refractivity contribution in [2.45, 2.75) is 13.0 Å². The first-order valence-corrected chi connectivity index (χ1v) is 7.45. The second-order valence-corrected chi connectivity index (χ2v) is 5.67. The standard InChI is InChI=1S/C15H24N4O2/c1-13(14-3-5-15(6-4-14)19(20)21)16-7-8-18-11-9-17(2)10-12-18/h3-6,13,16H,7-12H2,1-2H3. The summed E-state index contributed by atoms with van der Waals surface area (Å²) >= 11 is 0. The van der Waals surface area contributed by atoms with Gasteiger partial charge in [0.25, 0.3) is 5.69 Å². The van der Waals surface area contributed by atoms with Gasteiger partial charge in [0.2, 0.25) is 0 Å². The Balaban J connectivity index is 1.74. The number of non-ortho nitro benzene ring substituents is 1. The van der Waals surface area contributed by atoms with E-state index in [1.807, 2.05) is 12.1 Å². The van der Waals surface area contributed by atoms with Crippen LogP contribution in [-0.4, -0.2) is 61.0 Å². The van der Waals surface area contributed by atoms with E-state index in [0.29, 0.717) is 0 Å². The molecule has 0 aliphatic carbocycles. The molecule has 1 aliphatic rings. The molecule has 0 bridgehead atoms. The molecule has 21 heavy (non-hydrogen) atoms. The molecule has 1 atom stereocenters. The fourth-order valence-corrected chi connectivity index (χ4v) is 2.51. The predicted octanol–water partition coefficient (Wildman–Crippen LogP) is 1.49. The third-order valence-electron chi connectivity index (χ3n) is 4.08. The van der Waals surface area contributed by atoms with Crippen molar-refractivity contribution in [1.29, 1.82) is 0 Å². The van der Waals surface area contributed by atoms with Gasteiger partial charge in [0.05, 0.1) is 4.92 Å². The number of hydrogen-bond donors (Lipinski definition) is 1. The number of benzene rings is 1. The molecule has 1 heterocycles. The molecule has 1 N–H and O–H groups in total. The highest BCUT2D eigenvalue weighted by Gasteiger charge is 2.14. The first-order valence-electron chi connectivity index (χ1n) is 7.45. The Labute approximate surface area is 125 Å². The molecule has 1 fully saturated rings. The van der Waals surface area contributed by atoms with Crippen LogP contribution in [0, 0.1) is 10.1 Å². The molecule has 0 aromatic heterocycles. The molecule has 0 radical (unpaired) electrons. The van der Waals surface area contributed by atoms with Gasteiger partial charge in [-0.1, -0.05) is 12.1 Å². The van der Waals surface area contributed by atoms with Crippen LogP contribution >= 0.6 is 0 Å². The minimum absolute atomic E-state index is 0.142. The Morgan fingerprint density at radius 2 is 1.86 bits per heavy atom. The van der Waals surface area contributed by atoms with Gasteiger partial charge in [-0.05, 0) is 19.5 Å². The average molecular weight is 292 g/mol. The summed E-state index contributed by atoms with van der Waals surface area (Å²) in [6, 6.07) is 6.98. The topological polar surface area (TPSA) is 61.6 Å². The van der Waals surface area contributed by atoms with Crippen molar-refractivity contribution in [3.05, 3.63) is 39.9 Å². The summed E-state index contributed by atoms with van der Waals surface area (Å²) in [5.41, 5.74) is 1.22. The third kappa shape index (κ3) is 4.77. The molecule has 6 nitrogen and oxygen atoms in total. The molecule has 1 unspecified atom stereocenters. The van der Waals surface area contributed by atoms with Crippen LogP contribution in [0.5, 0.6) is 0 Å². The highest BCUT2D eigenvalue weighted by atomic mass is 16.6. The van der Waals surface area contributed by atoms with Gasteiger partial charge in [-0.2, -0.15) is 0 Å².